The summed E-state index contributed by atoms with van der Waals surface area (Å²) < 4.78 is 3.12. The third kappa shape index (κ3) is 1.84. The van der Waals surface area contributed by atoms with Crippen molar-refractivity contribution in [3.05, 3.63) is 25.4 Å². The zero-order valence-corrected chi connectivity index (χ0v) is 11.4. The number of aromatic nitrogens is 4. The molecule has 1 N–H and O–H groups in total. The Kier molecular flexibility index (Phi) is 2.94. The van der Waals surface area contributed by atoms with Gasteiger partial charge >= 0.3 is 5.69 Å². The molecular weight excluding hydrogens is 288 g/mol. The first-order valence-electron chi connectivity index (χ1n) is 5.27. The minimum atomic E-state index is -0.342. The predicted molar refractivity (Wildman–Crippen MR) is 68.1 cm³/mol. The number of hydrogen-bond acceptors (Lipinski definition) is 3. The van der Waals surface area contributed by atoms with Gasteiger partial charge in [0.15, 0.2) is 5.65 Å². The molecule has 0 aliphatic carbocycles. The lowest BCUT2D eigenvalue weighted by atomic mass is 10.2. The van der Waals surface area contributed by atoms with Crippen LogP contribution in [0.15, 0.2) is 14.2 Å². The number of nitrogens with zero attached hydrogens (tertiary/aromatic N) is 3. The highest BCUT2D eigenvalue weighted by Gasteiger charge is 2.16. The van der Waals surface area contributed by atoms with Crippen LogP contribution in [0.1, 0.15) is 13.8 Å². The maximum absolute atomic E-state index is 12.0. The van der Waals surface area contributed by atoms with Crippen LogP contribution >= 0.6 is 15.9 Å². The summed E-state index contributed by atoms with van der Waals surface area (Å²) in [6.07, 6.45) is 0. The monoisotopic (exact) mass is 300 g/mol. The Balaban J connectivity index is 2.92. The maximum atomic E-state index is 12.0. The van der Waals surface area contributed by atoms with Crippen LogP contribution in [-0.2, 0) is 13.6 Å². The second-order valence-corrected chi connectivity index (χ2v) is 5.18. The summed E-state index contributed by atoms with van der Waals surface area (Å²) in [5, 5.41) is 7.10. The number of nitrogens with one attached hydrogen (secondary N) is 1. The standard InChI is InChI=1S/C10H13BrN4O2/c1-5(2)4-15-8-6(7(11)12-13-8)9(16)14(3)10(15)17/h5H,4H2,1-3H3,(H,12,13). The van der Waals surface area contributed by atoms with Crippen molar-refractivity contribution >= 4 is 27.0 Å². The first-order valence-corrected chi connectivity index (χ1v) is 6.06. The SMILES string of the molecule is CC(C)Cn1c(=O)n(C)c(=O)c2c(Br)[nH]nc21. The zero-order valence-electron chi connectivity index (χ0n) is 9.82. The molecule has 2 heterocycles. The zero-order chi connectivity index (χ0) is 12.7. The molecule has 0 spiro atoms. The number of rotatable bonds is 2. The van der Waals surface area contributed by atoms with Crippen LogP contribution in [-0.4, -0.2) is 19.3 Å². The highest BCUT2D eigenvalue weighted by molar-refractivity contribution is 9.10. The van der Waals surface area contributed by atoms with E-state index in [2.05, 4.69) is 26.1 Å². The van der Waals surface area contributed by atoms with Crippen molar-refractivity contribution in [3.8, 4) is 0 Å². The summed E-state index contributed by atoms with van der Waals surface area (Å²) in [4.78, 5) is 23.9. The van der Waals surface area contributed by atoms with Gasteiger partial charge < -0.3 is 0 Å². The molecule has 92 valence electrons. The van der Waals surface area contributed by atoms with E-state index in [1.165, 1.54) is 11.6 Å². The van der Waals surface area contributed by atoms with E-state index in [9.17, 15) is 9.59 Å². The molecule has 0 aromatic carbocycles. The van der Waals surface area contributed by atoms with Gasteiger partial charge in [-0.2, -0.15) is 5.10 Å². The molecule has 0 radical (unpaired) electrons. The number of aromatic amines is 1. The third-order valence-electron chi connectivity index (χ3n) is 2.54. The highest BCUT2D eigenvalue weighted by Crippen LogP contribution is 2.16. The van der Waals surface area contributed by atoms with Crippen LogP contribution < -0.4 is 11.2 Å². The third-order valence-corrected chi connectivity index (χ3v) is 3.12. The molecule has 0 fully saturated rings. The number of fused-ring (bicyclic) bond motifs is 1. The van der Waals surface area contributed by atoms with Crippen LogP contribution in [0.4, 0.5) is 0 Å². The molecule has 0 atom stereocenters. The quantitative estimate of drug-likeness (QED) is 0.893. The van der Waals surface area contributed by atoms with E-state index >= 15 is 0 Å². The van der Waals surface area contributed by atoms with Gasteiger partial charge in [-0.1, -0.05) is 13.8 Å². The van der Waals surface area contributed by atoms with Crippen LogP contribution in [0.3, 0.4) is 0 Å². The molecule has 2 aromatic rings. The summed E-state index contributed by atoms with van der Waals surface area (Å²) in [7, 11) is 1.47. The lowest BCUT2D eigenvalue weighted by Crippen LogP contribution is -2.38. The fourth-order valence-corrected chi connectivity index (χ4v) is 2.19. The Hall–Kier alpha value is -1.37. The predicted octanol–water partition coefficient (Wildman–Crippen LogP) is 0.842. The smallest absolute Gasteiger partial charge is 0.276 e. The number of halogens is 1. The lowest BCUT2D eigenvalue weighted by molar-refractivity contribution is 0.499. The number of H-pyrrole nitrogens is 1. The fourth-order valence-electron chi connectivity index (χ4n) is 1.75. The molecule has 0 aliphatic rings. The fraction of sp³-hybridized carbons (Fsp3) is 0.500. The van der Waals surface area contributed by atoms with Gasteiger partial charge in [0.25, 0.3) is 5.56 Å². The molecular formula is C10H13BrN4O2. The molecule has 0 amide bonds. The molecule has 0 aliphatic heterocycles. The van der Waals surface area contributed by atoms with Gasteiger partial charge in [0.1, 0.15) is 9.99 Å². The largest absolute Gasteiger partial charge is 0.332 e. The highest BCUT2D eigenvalue weighted by atomic mass is 79.9. The van der Waals surface area contributed by atoms with Crippen molar-refractivity contribution < 1.29 is 0 Å². The van der Waals surface area contributed by atoms with Crippen molar-refractivity contribution in [2.75, 3.05) is 0 Å². The second-order valence-electron chi connectivity index (χ2n) is 4.39. The first-order chi connectivity index (χ1) is 7.93. The van der Waals surface area contributed by atoms with Crippen molar-refractivity contribution in [1.82, 2.24) is 19.3 Å². The van der Waals surface area contributed by atoms with Crippen LogP contribution in [0.5, 0.6) is 0 Å². The second kappa shape index (κ2) is 4.14. The average Bonchev–Trinajstić information content (AvgIpc) is 2.63. The van der Waals surface area contributed by atoms with Crippen molar-refractivity contribution in [3.63, 3.8) is 0 Å². The van der Waals surface area contributed by atoms with E-state index in [0.29, 0.717) is 28.1 Å². The first kappa shape index (κ1) is 12.1. The maximum Gasteiger partial charge on any atom is 0.332 e. The minimum Gasteiger partial charge on any atom is -0.276 e. The van der Waals surface area contributed by atoms with E-state index in [1.54, 1.807) is 0 Å². The Bertz CT molecular complexity index is 680. The van der Waals surface area contributed by atoms with E-state index in [4.69, 9.17) is 0 Å². The Morgan fingerprint density at radius 2 is 2.06 bits per heavy atom. The summed E-state index contributed by atoms with van der Waals surface area (Å²) in [5.74, 6) is 0.295. The van der Waals surface area contributed by atoms with Gasteiger partial charge in [-0.25, -0.2) is 4.79 Å². The molecule has 0 saturated heterocycles. The van der Waals surface area contributed by atoms with Crippen LogP contribution in [0, 0.1) is 5.92 Å². The molecule has 17 heavy (non-hydrogen) atoms. The molecule has 2 aromatic heterocycles. The van der Waals surface area contributed by atoms with E-state index < -0.39 is 0 Å². The summed E-state index contributed by atoms with van der Waals surface area (Å²) in [5.41, 5.74) is -0.278. The Morgan fingerprint density at radius 3 is 2.65 bits per heavy atom. The summed E-state index contributed by atoms with van der Waals surface area (Å²) >= 11 is 3.23. The molecule has 0 unspecified atom stereocenters. The van der Waals surface area contributed by atoms with Gasteiger partial charge in [0.05, 0.1) is 0 Å². The van der Waals surface area contributed by atoms with Crippen molar-refractivity contribution in [2.45, 2.75) is 20.4 Å². The molecule has 2 rings (SSSR count). The summed E-state index contributed by atoms with van der Waals surface area (Å²) in [6.45, 7) is 4.54. The molecule has 0 bridgehead atoms. The number of hydrogen-bond donors (Lipinski definition) is 1. The van der Waals surface area contributed by atoms with E-state index in [-0.39, 0.29) is 11.2 Å². The average molecular weight is 301 g/mol. The van der Waals surface area contributed by atoms with E-state index in [0.717, 1.165) is 4.57 Å². The molecule has 6 nitrogen and oxygen atoms in total. The van der Waals surface area contributed by atoms with Crippen molar-refractivity contribution in [1.29, 1.82) is 0 Å². The molecule has 7 heteroatoms. The van der Waals surface area contributed by atoms with Gasteiger partial charge in [0.2, 0.25) is 0 Å². The van der Waals surface area contributed by atoms with Gasteiger partial charge in [0, 0.05) is 13.6 Å². The normalized spacial score (nSPS) is 11.6. The molecule has 0 saturated carbocycles. The Labute approximate surface area is 105 Å². The van der Waals surface area contributed by atoms with Gasteiger partial charge in [-0.05, 0) is 21.8 Å². The van der Waals surface area contributed by atoms with Gasteiger partial charge in [-0.15, -0.1) is 0 Å². The van der Waals surface area contributed by atoms with Gasteiger partial charge in [-0.3, -0.25) is 19.0 Å². The topological polar surface area (TPSA) is 72.7 Å². The Morgan fingerprint density at radius 1 is 1.41 bits per heavy atom. The van der Waals surface area contributed by atoms with Crippen LogP contribution in [0.25, 0.3) is 11.0 Å². The summed E-state index contributed by atoms with van der Waals surface area (Å²) in [6, 6.07) is 0. The van der Waals surface area contributed by atoms with Crippen LogP contribution in [0.2, 0.25) is 0 Å². The lowest BCUT2D eigenvalue weighted by Gasteiger charge is -2.10. The van der Waals surface area contributed by atoms with E-state index in [1.807, 2.05) is 13.8 Å². The van der Waals surface area contributed by atoms with Crippen molar-refractivity contribution in [2.24, 2.45) is 13.0 Å². The minimum absolute atomic E-state index is 0.295.